The van der Waals surface area contributed by atoms with Gasteiger partial charge in [0.25, 0.3) is 5.78 Å². The SMILES string of the molecule is CCCOc1ccc(C2/C(=C(\O)c3ccc(C)cc3)C(=O)C(=O)N2c2nc3c(C)cc(C)cc3s2)cc1OCC. The molecule has 7 nitrogen and oxygen atoms in total. The van der Waals surface area contributed by atoms with E-state index < -0.39 is 17.7 Å². The van der Waals surface area contributed by atoms with Crippen molar-refractivity contribution in [2.45, 2.75) is 47.1 Å². The van der Waals surface area contributed by atoms with Crippen molar-refractivity contribution < 1.29 is 24.2 Å². The van der Waals surface area contributed by atoms with Gasteiger partial charge < -0.3 is 14.6 Å². The van der Waals surface area contributed by atoms with Crippen LogP contribution in [0.5, 0.6) is 11.5 Å². The Balaban J connectivity index is 1.73. The highest BCUT2D eigenvalue weighted by Crippen LogP contribution is 2.46. The van der Waals surface area contributed by atoms with Crippen molar-refractivity contribution in [3.63, 3.8) is 0 Å². The molecular weight excluding hydrogens is 524 g/mol. The van der Waals surface area contributed by atoms with Crippen LogP contribution in [0.25, 0.3) is 16.0 Å². The summed E-state index contributed by atoms with van der Waals surface area (Å²) in [6.45, 7) is 10.8. The minimum atomic E-state index is -0.914. The first-order valence-corrected chi connectivity index (χ1v) is 14.2. The molecule has 8 heteroatoms. The van der Waals surface area contributed by atoms with Crippen molar-refractivity contribution in [3.05, 3.63) is 88.0 Å². The first kappa shape index (κ1) is 27.4. The quantitative estimate of drug-likeness (QED) is 0.142. The van der Waals surface area contributed by atoms with Gasteiger partial charge in [0, 0.05) is 5.56 Å². The van der Waals surface area contributed by atoms with Crippen molar-refractivity contribution in [1.82, 2.24) is 4.98 Å². The number of nitrogens with zero attached hydrogens (tertiary/aromatic N) is 2. The number of Topliss-reactive ketones (excluding diaryl/α,β-unsaturated/α-hetero) is 1. The Bertz CT molecular complexity index is 1640. The van der Waals surface area contributed by atoms with Crippen LogP contribution >= 0.6 is 11.3 Å². The number of carbonyl (C=O) groups excluding carboxylic acids is 2. The number of aliphatic hydroxyl groups excluding tert-OH is 1. The van der Waals surface area contributed by atoms with Gasteiger partial charge in [0.05, 0.1) is 35.0 Å². The molecule has 0 saturated carbocycles. The van der Waals surface area contributed by atoms with E-state index in [2.05, 4.69) is 0 Å². The molecule has 0 spiro atoms. The normalized spacial score (nSPS) is 16.6. The van der Waals surface area contributed by atoms with Gasteiger partial charge in [-0.2, -0.15) is 0 Å². The lowest BCUT2D eigenvalue weighted by molar-refractivity contribution is -0.132. The zero-order valence-corrected chi connectivity index (χ0v) is 24.1. The molecule has 2 heterocycles. The van der Waals surface area contributed by atoms with Gasteiger partial charge in [0.2, 0.25) is 0 Å². The van der Waals surface area contributed by atoms with Crippen molar-refractivity contribution in [2.75, 3.05) is 18.1 Å². The third kappa shape index (κ3) is 4.95. The molecule has 0 bridgehead atoms. The second-order valence-electron chi connectivity index (χ2n) is 9.95. The minimum absolute atomic E-state index is 0.00527. The van der Waals surface area contributed by atoms with Gasteiger partial charge in [-0.1, -0.05) is 60.2 Å². The number of amides is 1. The van der Waals surface area contributed by atoms with Gasteiger partial charge in [-0.15, -0.1) is 0 Å². The van der Waals surface area contributed by atoms with Crippen LogP contribution in [0, 0.1) is 20.8 Å². The molecule has 5 rings (SSSR count). The Morgan fingerprint density at radius 3 is 2.40 bits per heavy atom. The first-order valence-electron chi connectivity index (χ1n) is 13.4. The van der Waals surface area contributed by atoms with Crippen LogP contribution in [0.1, 0.15) is 54.1 Å². The van der Waals surface area contributed by atoms with Crippen LogP contribution in [0.4, 0.5) is 5.13 Å². The number of ketones is 1. The molecule has 206 valence electrons. The molecule has 1 N–H and O–H groups in total. The molecule has 1 unspecified atom stereocenters. The fraction of sp³-hybridized carbons (Fsp3) is 0.281. The van der Waals surface area contributed by atoms with Crippen LogP contribution in [0.15, 0.2) is 60.2 Å². The van der Waals surface area contributed by atoms with Crippen molar-refractivity contribution in [3.8, 4) is 11.5 Å². The average molecular weight is 557 g/mol. The molecule has 1 amide bonds. The number of carbonyl (C=O) groups is 2. The first-order chi connectivity index (χ1) is 19.2. The fourth-order valence-corrected chi connectivity index (χ4v) is 6.14. The van der Waals surface area contributed by atoms with Gasteiger partial charge in [-0.05, 0) is 69.0 Å². The second-order valence-corrected chi connectivity index (χ2v) is 11.0. The zero-order chi connectivity index (χ0) is 28.6. The van der Waals surface area contributed by atoms with Gasteiger partial charge in [-0.25, -0.2) is 4.98 Å². The Morgan fingerprint density at radius 1 is 0.950 bits per heavy atom. The molecule has 1 aliphatic rings. The van der Waals surface area contributed by atoms with Crippen LogP contribution in [-0.4, -0.2) is 35.0 Å². The highest BCUT2D eigenvalue weighted by atomic mass is 32.1. The third-order valence-corrected chi connectivity index (χ3v) is 7.84. The standard InChI is InChI=1S/C32H32N2O5S/c1-6-14-39-23-13-12-22(17-24(23)38-7-2)28-26(29(35)21-10-8-18(3)9-11-21)30(36)31(37)34(28)32-33-27-20(5)15-19(4)16-25(27)40-32/h8-13,15-17,28,35H,6-7,14H2,1-5H3/b29-26+. The van der Waals surface area contributed by atoms with E-state index in [9.17, 15) is 14.7 Å². The van der Waals surface area contributed by atoms with Gasteiger partial charge in [-0.3, -0.25) is 14.5 Å². The number of hydrogen-bond acceptors (Lipinski definition) is 7. The lowest BCUT2D eigenvalue weighted by Crippen LogP contribution is -2.29. The van der Waals surface area contributed by atoms with E-state index in [4.69, 9.17) is 14.5 Å². The molecule has 1 aliphatic heterocycles. The fourth-order valence-electron chi connectivity index (χ4n) is 4.97. The lowest BCUT2D eigenvalue weighted by Gasteiger charge is -2.24. The number of aliphatic hydroxyl groups is 1. The van der Waals surface area contributed by atoms with E-state index in [1.807, 2.05) is 65.0 Å². The molecule has 40 heavy (non-hydrogen) atoms. The van der Waals surface area contributed by atoms with Crippen LogP contribution in [0.3, 0.4) is 0 Å². The number of rotatable bonds is 8. The number of aromatic nitrogens is 1. The van der Waals surface area contributed by atoms with Gasteiger partial charge >= 0.3 is 5.91 Å². The van der Waals surface area contributed by atoms with Crippen LogP contribution in [0.2, 0.25) is 0 Å². The monoisotopic (exact) mass is 556 g/mol. The molecule has 0 radical (unpaired) electrons. The van der Waals surface area contributed by atoms with E-state index in [-0.39, 0.29) is 11.3 Å². The summed E-state index contributed by atoms with van der Waals surface area (Å²) < 4.78 is 12.7. The summed E-state index contributed by atoms with van der Waals surface area (Å²) in [5.41, 5.74) is 4.93. The number of anilines is 1. The summed E-state index contributed by atoms with van der Waals surface area (Å²) in [4.78, 5) is 33.5. The molecule has 4 aromatic rings. The Hall–Kier alpha value is -4.17. The number of thiazole rings is 1. The maximum Gasteiger partial charge on any atom is 0.301 e. The topological polar surface area (TPSA) is 89.0 Å². The molecule has 3 aromatic carbocycles. The third-order valence-electron chi connectivity index (χ3n) is 6.84. The van der Waals surface area contributed by atoms with Crippen LogP contribution in [-0.2, 0) is 9.59 Å². The highest BCUT2D eigenvalue weighted by Gasteiger charge is 2.48. The lowest BCUT2D eigenvalue weighted by atomic mass is 9.95. The van der Waals surface area contributed by atoms with Crippen molar-refractivity contribution >= 4 is 44.1 Å². The number of ether oxygens (including phenoxy) is 2. The van der Waals surface area contributed by atoms with E-state index in [1.54, 1.807) is 24.3 Å². The van der Waals surface area contributed by atoms with Crippen LogP contribution < -0.4 is 14.4 Å². The zero-order valence-electron chi connectivity index (χ0n) is 23.3. The highest BCUT2D eigenvalue weighted by molar-refractivity contribution is 7.22. The van der Waals surface area contributed by atoms with E-state index in [0.29, 0.717) is 41.0 Å². The molecular formula is C32H32N2O5S. The maximum atomic E-state index is 13.7. The Labute approximate surface area is 237 Å². The van der Waals surface area contributed by atoms with Crippen molar-refractivity contribution in [1.29, 1.82) is 0 Å². The summed E-state index contributed by atoms with van der Waals surface area (Å²) in [5, 5.41) is 11.9. The van der Waals surface area contributed by atoms with Gasteiger partial charge in [0.1, 0.15) is 5.76 Å². The summed E-state index contributed by atoms with van der Waals surface area (Å²) in [6.07, 6.45) is 0.834. The summed E-state index contributed by atoms with van der Waals surface area (Å²) in [7, 11) is 0. The average Bonchev–Trinajstić information content (AvgIpc) is 3.46. The second kappa shape index (κ2) is 11.1. The predicted molar refractivity (Wildman–Crippen MR) is 158 cm³/mol. The molecule has 1 aromatic heterocycles. The summed E-state index contributed by atoms with van der Waals surface area (Å²) in [6, 6.07) is 15.7. The van der Waals surface area contributed by atoms with Crippen molar-refractivity contribution in [2.24, 2.45) is 0 Å². The van der Waals surface area contributed by atoms with E-state index in [0.717, 1.165) is 33.3 Å². The van der Waals surface area contributed by atoms with E-state index >= 15 is 0 Å². The molecule has 1 saturated heterocycles. The predicted octanol–water partition coefficient (Wildman–Crippen LogP) is 7.04. The summed E-state index contributed by atoms with van der Waals surface area (Å²) in [5.74, 6) is -0.654. The molecule has 1 fully saturated rings. The van der Waals surface area contributed by atoms with Gasteiger partial charge in [0.15, 0.2) is 16.6 Å². The van der Waals surface area contributed by atoms with E-state index in [1.165, 1.54) is 16.2 Å². The smallest absolute Gasteiger partial charge is 0.301 e. The number of benzene rings is 3. The molecule has 0 aliphatic carbocycles. The molecule has 1 atom stereocenters. The minimum Gasteiger partial charge on any atom is -0.507 e. The Morgan fingerprint density at radius 2 is 1.70 bits per heavy atom. The number of hydrogen-bond donors (Lipinski definition) is 1. The number of fused-ring (bicyclic) bond motifs is 1. The Kier molecular flexibility index (Phi) is 7.63. The number of aryl methyl sites for hydroxylation is 3. The summed E-state index contributed by atoms with van der Waals surface area (Å²) >= 11 is 1.35. The largest absolute Gasteiger partial charge is 0.507 e. The maximum absolute atomic E-state index is 13.7.